The molecule has 0 saturated heterocycles. The second kappa shape index (κ2) is 7.38. The molecule has 0 bridgehead atoms. The van der Waals surface area contributed by atoms with Gasteiger partial charge in [-0.05, 0) is 62.2 Å². The van der Waals surface area contributed by atoms with E-state index in [2.05, 4.69) is 17.6 Å². The van der Waals surface area contributed by atoms with E-state index in [0.29, 0.717) is 16.5 Å². The number of carbonyl (C=O) groups is 1. The lowest BCUT2D eigenvalue weighted by Gasteiger charge is -2.17. The summed E-state index contributed by atoms with van der Waals surface area (Å²) in [6.45, 7) is 5.91. The van der Waals surface area contributed by atoms with Gasteiger partial charge in [-0.2, -0.15) is 0 Å². The molecule has 2 N–H and O–H groups in total. The number of carbonyl (C=O) groups excluding carboxylic acids is 1. The highest BCUT2D eigenvalue weighted by molar-refractivity contribution is 6.31. The Bertz CT molecular complexity index is 716. The molecule has 0 aromatic heterocycles. The molecular weight excluding hydrogens is 312 g/mol. The minimum atomic E-state index is -0.402. The molecular formula is C18H21ClN2O2. The third-order valence-electron chi connectivity index (χ3n) is 3.70. The van der Waals surface area contributed by atoms with Crippen molar-refractivity contribution < 1.29 is 9.53 Å². The van der Waals surface area contributed by atoms with Gasteiger partial charge in [-0.1, -0.05) is 17.7 Å². The molecule has 0 heterocycles. The van der Waals surface area contributed by atoms with Crippen molar-refractivity contribution in [2.24, 2.45) is 0 Å². The summed E-state index contributed by atoms with van der Waals surface area (Å²) in [7, 11) is 1.55. The van der Waals surface area contributed by atoms with Crippen molar-refractivity contribution in [3.8, 4) is 5.75 Å². The first-order valence-electron chi connectivity index (χ1n) is 7.39. The molecule has 1 amide bonds. The number of methoxy groups -OCH3 is 1. The maximum absolute atomic E-state index is 12.4. The molecule has 0 aliphatic heterocycles. The summed E-state index contributed by atoms with van der Waals surface area (Å²) in [4.78, 5) is 12.4. The van der Waals surface area contributed by atoms with Crippen molar-refractivity contribution >= 4 is 28.9 Å². The highest BCUT2D eigenvalue weighted by Gasteiger charge is 2.15. The molecule has 0 fully saturated rings. The lowest BCUT2D eigenvalue weighted by Crippen LogP contribution is -2.32. The van der Waals surface area contributed by atoms with Crippen LogP contribution in [-0.4, -0.2) is 19.1 Å². The van der Waals surface area contributed by atoms with E-state index >= 15 is 0 Å². The monoisotopic (exact) mass is 332 g/mol. The SMILES string of the molecule is COc1ccc(Cl)cc1NC(=O)[C@@H](C)Nc1ccc(C)c(C)c1. The molecule has 23 heavy (non-hydrogen) atoms. The quantitative estimate of drug-likeness (QED) is 0.853. The van der Waals surface area contributed by atoms with Gasteiger partial charge in [0, 0.05) is 10.7 Å². The van der Waals surface area contributed by atoms with Gasteiger partial charge in [0.15, 0.2) is 0 Å². The molecule has 0 spiro atoms. The van der Waals surface area contributed by atoms with E-state index in [9.17, 15) is 4.79 Å². The Hall–Kier alpha value is -2.20. The minimum absolute atomic E-state index is 0.163. The predicted molar refractivity (Wildman–Crippen MR) is 95.6 cm³/mol. The molecule has 0 aliphatic carbocycles. The molecule has 5 heteroatoms. The van der Waals surface area contributed by atoms with Gasteiger partial charge in [0.1, 0.15) is 11.8 Å². The summed E-state index contributed by atoms with van der Waals surface area (Å²) in [5.74, 6) is 0.407. The molecule has 2 aromatic carbocycles. The zero-order chi connectivity index (χ0) is 17.0. The zero-order valence-corrected chi connectivity index (χ0v) is 14.5. The van der Waals surface area contributed by atoms with E-state index in [0.717, 1.165) is 5.69 Å². The second-order valence-corrected chi connectivity index (χ2v) is 5.94. The number of nitrogens with one attached hydrogen (secondary N) is 2. The Morgan fingerprint density at radius 3 is 2.52 bits per heavy atom. The largest absolute Gasteiger partial charge is 0.495 e. The van der Waals surface area contributed by atoms with Crippen molar-refractivity contribution in [3.63, 3.8) is 0 Å². The normalized spacial score (nSPS) is 11.7. The summed E-state index contributed by atoms with van der Waals surface area (Å²) in [5, 5.41) is 6.57. The van der Waals surface area contributed by atoms with Crippen LogP contribution in [0.5, 0.6) is 5.75 Å². The van der Waals surface area contributed by atoms with Crippen LogP contribution in [0.25, 0.3) is 0 Å². The summed E-state index contributed by atoms with van der Waals surface area (Å²) in [6.07, 6.45) is 0. The fourth-order valence-corrected chi connectivity index (χ4v) is 2.34. The van der Waals surface area contributed by atoms with Crippen molar-refractivity contribution in [1.82, 2.24) is 0 Å². The lowest BCUT2D eigenvalue weighted by atomic mass is 10.1. The number of hydrogen-bond acceptors (Lipinski definition) is 3. The van der Waals surface area contributed by atoms with Gasteiger partial charge in [0.25, 0.3) is 0 Å². The number of anilines is 2. The highest BCUT2D eigenvalue weighted by Crippen LogP contribution is 2.28. The summed E-state index contributed by atoms with van der Waals surface area (Å²) in [6, 6.07) is 10.7. The molecule has 122 valence electrons. The molecule has 4 nitrogen and oxygen atoms in total. The molecule has 1 atom stereocenters. The Labute approximate surface area is 141 Å². The Morgan fingerprint density at radius 1 is 1.13 bits per heavy atom. The van der Waals surface area contributed by atoms with Crippen LogP contribution >= 0.6 is 11.6 Å². The van der Waals surface area contributed by atoms with Crippen LogP contribution in [0.4, 0.5) is 11.4 Å². The number of hydrogen-bond donors (Lipinski definition) is 2. The van der Waals surface area contributed by atoms with Crippen LogP contribution in [0, 0.1) is 13.8 Å². The number of benzene rings is 2. The number of ether oxygens (including phenoxy) is 1. The van der Waals surface area contributed by atoms with Gasteiger partial charge in [0.2, 0.25) is 5.91 Å². The highest BCUT2D eigenvalue weighted by atomic mass is 35.5. The second-order valence-electron chi connectivity index (χ2n) is 5.50. The van der Waals surface area contributed by atoms with Gasteiger partial charge in [-0.3, -0.25) is 4.79 Å². The smallest absolute Gasteiger partial charge is 0.246 e. The Morgan fingerprint density at radius 2 is 1.87 bits per heavy atom. The predicted octanol–water partition coefficient (Wildman–Crippen LogP) is 4.40. The van der Waals surface area contributed by atoms with E-state index < -0.39 is 6.04 Å². The molecule has 2 aromatic rings. The van der Waals surface area contributed by atoms with E-state index in [1.165, 1.54) is 11.1 Å². The molecule has 0 aliphatic rings. The van der Waals surface area contributed by atoms with Crippen LogP contribution in [-0.2, 0) is 4.79 Å². The van der Waals surface area contributed by atoms with E-state index in [4.69, 9.17) is 16.3 Å². The molecule has 0 unspecified atom stereocenters. The van der Waals surface area contributed by atoms with Crippen LogP contribution in [0.15, 0.2) is 36.4 Å². The number of halogens is 1. The number of aryl methyl sites for hydroxylation is 2. The van der Waals surface area contributed by atoms with E-state index in [-0.39, 0.29) is 5.91 Å². The lowest BCUT2D eigenvalue weighted by molar-refractivity contribution is -0.116. The average Bonchev–Trinajstić information content (AvgIpc) is 2.51. The fourth-order valence-electron chi connectivity index (χ4n) is 2.17. The first-order valence-corrected chi connectivity index (χ1v) is 7.76. The van der Waals surface area contributed by atoms with Gasteiger partial charge in [-0.15, -0.1) is 0 Å². The van der Waals surface area contributed by atoms with Crippen molar-refractivity contribution in [2.75, 3.05) is 17.7 Å². The summed E-state index contributed by atoms with van der Waals surface area (Å²) in [5.41, 5.74) is 3.86. The first kappa shape index (κ1) is 17.2. The van der Waals surface area contributed by atoms with E-state index in [1.54, 1.807) is 25.3 Å². The van der Waals surface area contributed by atoms with Gasteiger partial charge in [-0.25, -0.2) is 0 Å². The summed E-state index contributed by atoms with van der Waals surface area (Å²) < 4.78 is 5.23. The third kappa shape index (κ3) is 4.39. The minimum Gasteiger partial charge on any atom is -0.495 e. The zero-order valence-electron chi connectivity index (χ0n) is 13.7. The number of amides is 1. The maximum Gasteiger partial charge on any atom is 0.246 e. The molecule has 0 radical (unpaired) electrons. The van der Waals surface area contributed by atoms with Gasteiger partial charge < -0.3 is 15.4 Å². The van der Waals surface area contributed by atoms with E-state index in [1.807, 2.05) is 32.0 Å². The standard InChI is InChI=1S/C18H21ClN2O2/c1-11-5-7-15(9-12(11)2)20-13(3)18(22)21-16-10-14(19)6-8-17(16)23-4/h5-10,13,20H,1-4H3,(H,21,22)/t13-/m1/s1. The fraction of sp³-hybridized carbons (Fsp3) is 0.278. The third-order valence-corrected chi connectivity index (χ3v) is 3.94. The van der Waals surface area contributed by atoms with Crippen molar-refractivity contribution in [1.29, 1.82) is 0 Å². The Kier molecular flexibility index (Phi) is 5.50. The first-order chi connectivity index (χ1) is 10.9. The average molecular weight is 333 g/mol. The van der Waals surface area contributed by atoms with Gasteiger partial charge in [0.05, 0.1) is 12.8 Å². The topological polar surface area (TPSA) is 50.4 Å². The van der Waals surface area contributed by atoms with Crippen LogP contribution < -0.4 is 15.4 Å². The Balaban J connectivity index is 2.08. The molecule has 0 saturated carbocycles. The van der Waals surface area contributed by atoms with Crippen LogP contribution in [0.2, 0.25) is 5.02 Å². The maximum atomic E-state index is 12.4. The number of rotatable bonds is 5. The van der Waals surface area contributed by atoms with Crippen molar-refractivity contribution in [3.05, 3.63) is 52.5 Å². The summed E-state index contributed by atoms with van der Waals surface area (Å²) >= 11 is 5.98. The van der Waals surface area contributed by atoms with Crippen LogP contribution in [0.3, 0.4) is 0 Å². The van der Waals surface area contributed by atoms with Crippen LogP contribution in [0.1, 0.15) is 18.1 Å². The van der Waals surface area contributed by atoms with Gasteiger partial charge >= 0.3 is 0 Å². The molecule has 2 rings (SSSR count). The van der Waals surface area contributed by atoms with Crippen molar-refractivity contribution in [2.45, 2.75) is 26.8 Å².